The van der Waals surface area contributed by atoms with Crippen LogP contribution in [-0.4, -0.2) is 17.8 Å². The molecule has 3 aromatic carbocycles. The van der Waals surface area contributed by atoms with Crippen LogP contribution in [0.25, 0.3) is 6.08 Å². The van der Waals surface area contributed by atoms with Gasteiger partial charge in [-0.05, 0) is 87.4 Å². The second kappa shape index (κ2) is 10.3. The van der Waals surface area contributed by atoms with Crippen LogP contribution in [0.5, 0.6) is 5.75 Å². The van der Waals surface area contributed by atoms with Gasteiger partial charge in [-0.2, -0.15) is 0 Å². The molecule has 172 valence electrons. The second-order valence-electron chi connectivity index (χ2n) is 7.49. The van der Waals surface area contributed by atoms with Crippen LogP contribution in [-0.2, 0) is 16.2 Å². The number of carbonyl (C=O) groups is 3. The summed E-state index contributed by atoms with van der Waals surface area (Å²) in [7, 11) is 0. The monoisotopic (exact) mass is 650 g/mol. The quantitative estimate of drug-likeness (QED) is 0.201. The maximum absolute atomic E-state index is 13.1. The Kier molecular flexibility index (Phi) is 7.39. The maximum atomic E-state index is 13.1. The van der Waals surface area contributed by atoms with Gasteiger partial charge in [0, 0.05) is 10.6 Å². The summed E-state index contributed by atoms with van der Waals surface area (Å²) in [6, 6.07) is 17.1. The smallest absolute Gasteiger partial charge is 0.335 e. The van der Waals surface area contributed by atoms with E-state index in [-0.39, 0.29) is 12.2 Å². The van der Waals surface area contributed by atoms with E-state index in [4.69, 9.17) is 16.3 Å². The number of nitrogens with zero attached hydrogens (tertiary/aromatic N) is 1. The Balaban J connectivity index is 1.61. The molecule has 0 bridgehead atoms. The standard InChI is InChI=1S/C25H17BrClIN2O4/c1-14-6-8-17(9-7-14)30-24(32)18(23(31)29-25(30)33)10-15-11-19(26)22(21(28)12-15)34-13-16-4-2-3-5-20(16)27/h2-12H,13H2,1H3,(H,29,31,33)/b18-10+. The lowest BCUT2D eigenvalue weighted by molar-refractivity contribution is -0.122. The molecule has 1 saturated heterocycles. The highest BCUT2D eigenvalue weighted by molar-refractivity contribution is 14.1. The number of amides is 4. The topological polar surface area (TPSA) is 75.7 Å². The minimum Gasteiger partial charge on any atom is -0.487 e. The minimum absolute atomic E-state index is 0.146. The molecule has 6 nitrogen and oxygen atoms in total. The molecule has 0 unspecified atom stereocenters. The molecule has 34 heavy (non-hydrogen) atoms. The number of carbonyl (C=O) groups excluding carboxylic acids is 3. The first kappa shape index (κ1) is 24.4. The molecule has 1 aliphatic heterocycles. The number of imide groups is 2. The van der Waals surface area contributed by atoms with E-state index < -0.39 is 17.8 Å². The molecule has 1 heterocycles. The first-order valence-electron chi connectivity index (χ1n) is 10.1. The van der Waals surface area contributed by atoms with Crippen LogP contribution in [0.3, 0.4) is 0 Å². The molecule has 0 radical (unpaired) electrons. The van der Waals surface area contributed by atoms with Crippen molar-refractivity contribution in [2.45, 2.75) is 13.5 Å². The third-order valence-electron chi connectivity index (χ3n) is 5.06. The first-order chi connectivity index (χ1) is 16.2. The number of hydrogen-bond donors (Lipinski definition) is 1. The number of benzene rings is 3. The normalized spacial score (nSPS) is 15.0. The molecule has 1 aliphatic rings. The lowest BCUT2D eigenvalue weighted by Gasteiger charge is -2.26. The van der Waals surface area contributed by atoms with Gasteiger partial charge in [0.1, 0.15) is 17.9 Å². The van der Waals surface area contributed by atoms with Gasteiger partial charge in [-0.15, -0.1) is 0 Å². The fraction of sp³-hybridized carbons (Fsp3) is 0.0800. The van der Waals surface area contributed by atoms with E-state index in [1.165, 1.54) is 6.08 Å². The van der Waals surface area contributed by atoms with Gasteiger partial charge in [0.25, 0.3) is 11.8 Å². The molecule has 1 fully saturated rings. The Morgan fingerprint density at radius 2 is 1.79 bits per heavy atom. The van der Waals surface area contributed by atoms with E-state index >= 15 is 0 Å². The summed E-state index contributed by atoms with van der Waals surface area (Å²) in [4.78, 5) is 38.9. The predicted molar refractivity (Wildman–Crippen MR) is 143 cm³/mol. The summed E-state index contributed by atoms with van der Waals surface area (Å²) in [6.07, 6.45) is 1.45. The zero-order valence-corrected chi connectivity index (χ0v) is 22.3. The summed E-state index contributed by atoms with van der Waals surface area (Å²) in [5.74, 6) is -0.829. The number of hydrogen-bond acceptors (Lipinski definition) is 4. The number of nitrogens with one attached hydrogen (secondary N) is 1. The minimum atomic E-state index is -0.782. The molecule has 4 amide bonds. The van der Waals surface area contributed by atoms with Crippen molar-refractivity contribution >= 4 is 79.7 Å². The molecule has 1 N–H and O–H groups in total. The van der Waals surface area contributed by atoms with E-state index in [1.54, 1.807) is 42.5 Å². The third kappa shape index (κ3) is 5.18. The average molecular weight is 652 g/mol. The van der Waals surface area contributed by atoms with Crippen molar-refractivity contribution in [2.24, 2.45) is 0 Å². The van der Waals surface area contributed by atoms with E-state index in [9.17, 15) is 14.4 Å². The zero-order valence-electron chi connectivity index (χ0n) is 17.8. The number of anilines is 1. The molecule has 0 saturated carbocycles. The summed E-state index contributed by atoms with van der Waals surface area (Å²) in [5, 5.41) is 2.85. The van der Waals surface area contributed by atoms with Crippen LogP contribution < -0.4 is 15.0 Å². The van der Waals surface area contributed by atoms with Gasteiger partial charge < -0.3 is 4.74 Å². The molecule has 0 aromatic heterocycles. The molecular formula is C25H17BrClIN2O4. The fourth-order valence-electron chi connectivity index (χ4n) is 3.32. The molecule has 4 rings (SSSR count). The number of ether oxygens (including phenoxy) is 1. The average Bonchev–Trinajstić information content (AvgIpc) is 2.78. The van der Waals surface area contributed by atoms with Crippen LogP contribution in [0.2, 0.25) is 5.02 Å². The largest absolute Gasteiger partial charge is 0.487 e. The van der Waals surface area contributed by atoms with Crippen molar-refractivity contribution in [3.63, 3.8) is 0 Å². The number of aryl methyl sites for hydroxylation is 1. The molecule has 0 spiro atoms. The zero-order chi connectivity index (χ0) is 24.4. The number of rotatable bonds is 5. The van der Waals surface area contributed by atoms with Gasteiger partial charge in [-0.1, -0.05) is 47.5 Å². The predicted octanol–water partition coefficient (Wildman–Crippen LogP) is 6.26. The van der Waals surface area contributed by atoms with Crippen LogP contribution >= 0.6 is 50.1 Å². The van der Waals surface area contributed by atoms with Crippen molar-refractivity contribution in [1.82, 2.24) is 5.32 Å². The van der Waals surface area contributed by atoms with E-state index in [1.807, 2.05) is 25.1 Å². The first-order valence-corrected chi connectivity index (χ1v) is 12.3. The summed E-state index contributed by atoms with van der Waals surface area (Å²) in [6.45, 7) is 2.18. The fourth-order valence-corrected chi connectivity index (χ4v) is 5.28. The summed E-state index contributed by atoms with van der Waals surface area (Å²) in [5.41, 5.74) is 2.66. The van der Waals surface area contributed by atoms with Gasteiger partial charge in [0.05, 0.1) is 13.7 Å². The lowest BCUT2D eigenvalue weighted by atomic mass is 10.1. The highest BCUT2D eigenvalue weighted by atomic mass is 127. The Hall–Kier alpha value is -2.69. The van der Waals surface area contributed by atoms with Crippen molar-refractivity contribution in [1.29, 1.82) is 0 Å². The number of barbiturate groups is 1. The van der Waals surface area contributed by atoms with Gasteiger partial charge in [-0.3, -0.25) is 14.9 Å². The molecule has 3 aromatic rings. The summed E-state index contributed by atoms with van der Waals surface area (Å²) >= 11 is 11.8. The Morgan fingerprint density at radius 3 is 2.47 bits per heavy atom. The molecule has 0 atom stereocenters. The van der Waals surface area contributed by atoms with E-state index in [0.29, 0.717) is 26.5 Å². The lowest BCUT2D eigenvalue weighted by Crippen LogP contribution is -2.54. The molecule has 9 heteroatoms. The number of halogens is 3. The van der Waals surface area contributed by atoms with Gasteiger partial charge >= 0.3 is 6.03 Å². The summed E-state index contributed by atoms with van der Waals surface area (Å²) < 4.78 is 7.37. The third-order valence-corrected chi connectivity index (χ3v) is 6.81. The van der Waals surface area contributed by atoms with Crippen molar-refractivity contribution in [2.75, 3.05) is 4.90 Å². The second-order valence-corrected chi connectivity index (χ2v) is 9.91. The van der Waals surface area contributed by atoms with Crippen molar-refractivity contribution < 1.29 is 19.1 Å². The molecule has 0 aliphatic carbocycles. The molecular weight excluding hydrogens is 635 g/mol. The Bertz CT molecular complexity index is 1320. The van der Waals surface area contributed by atoms with E-state index in [0.717, 1.165) is 19.6 Å². The maximum Gasteiger partial charge on any atom is 0.335 e. The Labute approximate surface area is 223 Å². The van der Waals surface area contributed by atoms with Crippen molar-refractivity contribution in [3.05, 3.63) is 96.0 Å². The van der Waals surface area contributed by atoms with Gasteiger partial charge in [-0.25, -0.2) is 9.69 Å². The van der Waals surface area contributed by atoms with Gasteiger partial charge in [0.15, 0.2) is 0 Å². The van der Waals surface area contributed by atoms with Crippen molar-refractivity contribution in [3.8, 4) is 5.75 Å². The van der Waals surface area contributed by atoms with E-state index in [2.05, 4.69) is 43.8 Å². The number of urea groups is 1. The van der Waals surface area contributed by atoms with Crippen LogP contribution in [0.15, 0.2) is 70.7 Å². The SMILES string of the molecule is Cc1ccc(N2C(=O)NC(=O)/C(=C\c3cc(Br)c(OCc4ccccc4Cl)c(I)c3)C2=O)cc1. The highest BCUT2D eigenvalue weighted by Crippen LogP contribution is 2.34. The van der Waals surface area contributed by atoms with Crippen LogP contribution in [0.4, 0.5) is 10.5 Å². The van der Waals surface area contributed by atoms with Crippen LogP contribution in [0, 0.1) is 10.5 Å². The Morgan fingerprint density at radius 1 is 1.09 bits per heavy atom. The van der Waals surface area contributed by atoms with Gasteiger partial charge in [0.2, 0.25) is 0 Å². The highest BCUT2D eigenvalue weighted by Gasteiger charge is 2.36. The van der Waals surface area contributed by atoms with Crippen LogP contribution in [0.1, 0.15) is 16.7 Å².